The molecule has 1 aliphatic heterocycles. The second-order valence-corrected chi connectivity index (χ2v) is 4.48. The van der Waals surface area contributed by atoms with Crippen molar-refractivity contribution in [3.05, 3.63) is 0 Å². The van der Waals surface area contributed by atoms with Crippen molar-refractivity contribution < 1.29 is 13.6 Å². The van der Waals surface area contributed by atoms with E-state index in [9.17, 15) is 13.6 Å². The number of carbonyl (C=O) groups is 1. The predicted octanol–water partition coefficient (Wildman–Crippen LogP) is 1.18. The molecule has 0 radical (unpaired) electrons. The van der Waals surface area contributed by atoms with Crippen molar-refractivity contribution in [2.24, 2.45) is 11.3 Å². The standard InChI is InChI=1S/C10H16F2N2O.ClH/c11-8(12)5-14-9(15)10-3-1-2-7(10)4-13-6-10;/h7-8,13H,1-6H2,(H,14,15);1H/t7-,10-;/m1./s1. The van der Waals surface area contributed by atoms with Crippen LogP contribution in [0.1, 0.15) is 19.3 Å². The summed E-state index contributed by atoms with van der Waals surface area (Å²) in [5, 5.41) is 5.54. The lowest BCUT2D eigenvalue weighted by atomic mass is 9.80. The van der Waals surface area contributed by atoms with Crippen LogP contribution in [-0.4, -0.2) is 32.0 Å². The normalized spacial score (nSPS) is 32.3. The molecule has 2 rings (SSSR count). The molecule has 0 unspecified atom stereocenters. The molecule has 1 heterocycles. The number of hydrogen-bond donors (Lipinski definition) is 2. The molecule has 2 fully saturated rings. The van der Waals surface area contributed by atoms with E-state index in [2.05, 4.69) is 10.6 Å². The number of rotatable bonds is 3. The first kappa shape index (κ1) is 13.6. The molecule has 3 nitrogen and oxygen atoms in total. The van der Waals surface area contributed by atoms with Gasteiger partial charge in [0.2, 0.25) is 5.91 Å². The molecular formula is C10H17ClF2N2O. The maximum atomic E-state index is 12.0. The van der Waals surface area contributed by atoms with Crippen LogP contribution < -0.4 is 10.6 Å². The van der Waals surface area contributed by atoms with E-state index in [1.807, 2.05) is 0 Å². The predicted molar refractivity (Wildman–Crippen MR) is 58.9 cm³/mol. The minimum absolute atomic E-state index is 0. The Morgan fingerprint density at radius 2 is 2.31 bits per heavy atom. The van der Waals surface area contributed by atoms with Crippen LogP contribution in [0.2, 0.25) is 0 Å². The topological polar surface area (TPSA) is 41.1 Å². The average molecular weight is 255 g/mol. The highest BCUT2D eigenvalue weighted by molar-refractivity contribution is 5.85. The van der Waals surface area contributed by atoms with E-state index in [1.165, 1.54) is 0 Å². The third kappa shape index (κ3) is 2.30. The maximum Gasteiger partial charge on any atom is 0.255 e. The molecule has 0 aromatic rings. The van der Waals surface area contributed by atoms with Gasteiger partial charge < -0.3 is 10.6 Å². The van der Waals surface area contributed by atoms with Gasteiger partial charge in [-0.3, -0.25) is 4.79 Å². The molecular weight excluding hydrogens is 238 g/mol. The summed E-state index contributed by atoms with van der Waals surface area (Å²) in [5.41, 5.74) is -0.394. The Bertz CT molecular complexity index is 253. The number of amides is 1. The SMILES string of the molecule is Cl.O=C(NCC(F)F)[C@@]12CCC[C@@H]1CNC2. The smallest absolute Gasteiger partial charge is 0.255 e. The van der Waals surface area contributed by atoms with Gasteiger partial charge in [-0.05, 0) is 25.3 Å². The molecule has 0 bridgehead atoms. The second-order valence-electron chi connectivity index (χ2n) is 4.48. The summed E-state index contributed by atoms with van der Waals surface area (Å²) in [6.45, 7) is 0.974. The van der Waals surface area contributed by atoms with Gasteiger partial charge in [0, 0.05) is 6.54 Å². The fraction of sp³-hybridized carbons (Fsp3) is 0.900. The Morgan fingerprint density at radius 1 is 1.56 bits per heavy atom. The van der Waals surface area contributed by atoms with Crippen LogP contribution in [0.25, 0.3) is 0 Å². The van der Waals surface area contributed by atoms with Crippen LogP contribution >= 0.6 is 12.4 Å². The quantitative estimate of drug-likeness (QED) is 0.794. The first-order valence-electron chi connectivity index (χ1n) is 5.42. The van der Waals surface area contributed by atoms with Crippen molar-refractivity contribution in [2.75, 3.05) is 19.6 Å². The van der Waals surface area contributed by atoms with Gasteiger partial charge in [0.25, 0.3) is 6.43 Å². The molecule has 0 aromatic heterocycles. The highest BCUT2D eigenvalue weighted by Gasteiger charge is 2.51. The second kappa shape index (κ2) is 5.27. The number of halogens is 3. The first-order valence-corrected chi connectivity index (χ1v) is 5.42. The minimum Gasteiger partial charge on any atom is -0.350 e. The van der Waals surface area contributed by atoms with E-state index >= 15 is 0 Å². The lowest BCUT2D eigenvalue weighted by Gasteiger charge is -2.26. The number of carbonyl (C=O) groups excluding carboxylic acids is 1. The summed E-state index contributed by atoms with van der Waals surface area (Å²) in [6, 6.07) is 0. The van der Waals surface area contributed by atoms with Gasteiger partial charge in [-0.2, -0.15) is 0 Å². The third-order valence-corrected chi connectivity index (χ3v) is 3.66. The molecule has 1 saturated carbocycles. The zero-order valence-corrected chi connectivity index (χ0v) is 9.79. The summed E-state index contributed by atoms with van der Waals surface area (Å²) in [7, 11) is 0. The Morgan fingerprint density at radius 3 is 3.00 bits per heavy atom. The zero-order valence-electron chi connectivity index (χ0n) is 8.97. The van der Waals surface area contributed by atoms with E-state index in [0.29, 0.717) is 12.5 Å². The molecule has 2 atom stereocenters. The van der Waals surface area contributed by atoms with Gasteiger partial charge in [-0.25, -0.2) is 8.78 Å². The summed E-state index contributed by atoms with van der Waals surface area (Å²) in [5.74, 6) is 0.158. The van der Waals surface area contributed by atoms with Gasteiger partial charge in [-0.1, -0.05) is 6.42 Å². The van der Waals surface area contributed by atoms with E-state index in [0.717, 1.165) is 25.8 Å². The summed E-state index contributed by atoms with van der Waals surface area (Å²) in [6.07, 6.45) is 0.447. The Hall–Kier alpha value is -0.420. The van der Waals surface area contributed by atoms with Crippen LogP contribution in [0, 0.1) is 11.3 Å². The van der Waals surface area contributed by atoms with Gasteiger partial charge >= 0.3 is 0 Å². The van der Waals surface area contributed by atoms with Crippen molar-refractivity contribution in [2.45, 2.75) is 25.7 Å². The van der Waals surface area contributed by atoms with Crippen LogP contribution in [0.15, 0.2) is 0 Å². The Balaban J connectivity index is 0.00000128. The fourth-order valence-electron chi connectivity index (χ4n) is 2.87. The maximum absolute atomic E-state index is 12.0. The molecule has 1 amide bonds. The lowest BCUT2D eigenvalue weighted by molar-refractivity contribution is -0.131. The first-order chi connectivity index (χ1) is 7.15. The van der Waals surface area contributed by atoms with E-state index in [1.54, 1.807) is 0 Å². The summed E-state index contributed by atoms with van der Waals surface area (Å²) >= 11 is 0. The zero-order chi connectivity index (χ0) is 10.9. The molecule has 6 heteroatoms. The highest BCUT2D eigenvalue weighted by atomic mass is 35.5. The highest BCUT2D eigenvalue weighted by Crippen LogP contribution is 2.45. The monoisotopic (exact) mass is 254 g/mol. The number of alkyl halides is 2. The van der Waals surface area contributed by atoms with E-state index in [4.69, 9.17) is 0 Å². The van der Waals surface area contributed by atoms with Crippen molar-refractivity contribution in [3.63, 3.8) is 0 Å². The number of hydrogen-bond acceptors (Lipinski definition) is 2. The molecule has 1 aliphatic carbocycles. The number of nitrogens with one attached hydrogen (secondary N) is 2. The van der Waals surface area contributed by atoms with E-state index < -0.39 is 18.4 Å². The van der Waals surface area contributed by atoms with Crippen LogP contribution in [0.4, 0.5) is 8.78 Å². The molecule has 94 valence electrons. The fourth-order valence-corrected chi connectivity index (χ4v) is 2.87. The molecule has 0 spiro atoms. The van der Waals surface area contributed by atoms with E-state index in [-0.39, 0.29) is 18.3 Å². The van der Waals surface area contributed by atoms with Crippen molar-refractivity contribution in [3.8, 4) is 0 Å². The van der Waals surface area contributed by atoms with Gasteiger partial charge in [0.15, 0.2) is 0 Å². The summed E-state index contributed by atoms with van der Waals surface area (Å²) in [4.78, 5) is 11.9. The van der Waals surface area contributed by atoms with Crippen molar-refractivity contribution in [1.82, 2.24) is 10.6 Å². The molecule has 2 aliphatic rings. The molecule has 0 aromatic carbocycles. The third-order valence-electron chi connectivity index (χ3n) is 3.66. The van der Waals surface area contributed by atoms with Crippen LogP contribution in [0.3, 0.4) is 0 Å². The Labute approximate surface area is 99.8 Å². The molecule has 16 heavy (non-hydrogen) atoms. The number of fused-ring (bicyclic) bond motifs is 1. The molecule has 2 N–H and O–H groups in total. The van der Waals surface area contributed by atoms with Crippen LogP contribution in [0.5, 0.6) is 0 Å². The van der Waals surface area contributed by atoms with Gasteiger partial charge in [-0.15, -0.1) is 12.4 Å². The van der Waals surface area contributed by atoms with Crippen molar-refractivity contribution in [1.29, 1.82) is 0 Å². The average Bonchev–Trinajstić information content (AvgIpc) is 2.72. The summed E-state index contributed by atoms with van der Waals surface area (Å²) < 4.78 is 24.0. The largest absolute Gasteiger partial charge is 0.350 e. The van der Waals surface area contributed by atoms with Gasteiger partial charge in [0.1, 0.15) is 0 Å². The molecule has 1 saturated heterocycles. The van der Waals surface area contributed by atoms with Gasteiger partial charge in [0.05, 0.1) is 12.0 Å². The minimum atomic E-state index is -2.46. The van der Waals surface area contributed by atoms with Crippen LogP contribution in [-0.2, 0) is 4.79 Å². The lowest BCUT2D eigenvalue weighted by Crippen LogP contribution is -2.45. The van der Waals surface area contributed by atoms with Crippen molar-refractivity contribution >= 4 is 18.3 Å². The Kier molecular flexibility index (Phi) is 4.50.